The number of carbonyl (C=O) groups is 2. The Labute approximate surface area is 184 Å². The van der Waals surface area contributed by atoms with E-state index in [0.717, 1.165) is 22.7 Å². The number of aryl methyl sites for hydroxylation is 1. The molecule has 0 fully saturated rings. The topological polar surface area (TPSA) is 73.9 Å². The Hall–Kier alpha value is -3.62. The number of ether oxygens (including phenoxy) is 2. The fourth-order valence-electron chi connectivity index (χ4n) is 3.26. The van der Waals surface area contributed by atoms with Crippen LogP contribution in [0.5, 0.6) is 5.75 Å². The van der Waals surface area contributed by atoms with Gasteiger partial charge in [0.05, 0.1) is 18.4 Å². The molecule has 0 saturated heterocycles. The number of nitrogens with zero attached hydrogens (tertiary/aromatic N) is 2. The number of amides is 1. The second kappa shape index (κ2) is 10.1. The van der Waals surface area contributed by atoms with Crippen LogP contribution in [0.1, 0.15) is 33.1 Å². The first kappa shape index (κ1) is 23.1. The molecule has 0 N–H and O–H groups in total. The van der Waals surface area contributed by atoms with Gasteiger partial charge in [0.25, 0.3) is 5.91 Å². The van der Waals surface area contributed by atoms with E-state index < -0.39 is 25.1 Å². The van der Waals surface area contributed by atoms with Gasteiger partial charge in [0.15, 0.2) is 6.61 Å². The average Bonchev–Trinajstić information content (AvgIpc) is 3.36. The van der Waals surface area contributed by atoms with E-state index in [0.29, 0.717) is 12.1 Å². The third-order valence-electron chi connectivity index (χ3n) is 5.01. The molecule has 9 heteroatoms. The van der Waals surface area contributed by atoms with Crippen molar-refractivity contribution in [3.63, 3.8) is 0 Å². The lowest BCUT2D eigenvalue weighted by atomic mass is 10.2. The molecule has 0 aliphatic carbocycles. The number of hydrogen-bond donors (Lipinski definition) is 0. The highest BCUT2D eigenvalue weighted by Crippen LogP contribution is 2.19. The SMILES string of the molecule is Cc1cc(C(=O)OCC(=O)N(C)Cc2ccc(OC(F)F)cc2)c(C)n1Cc1ccco1. The zero-order valence-electron chi connectivity index (χ0n) is 18.0. The molecule has 0 atom stereocenters. The largest absolute Gasteiger partial charge is 0.467 e. The summed E-state index contributed by atoms with van der Waals surface area (Å²) < 4.78 is 41.3. The second-order valence-electron chi connectivity index (χ2n) is 7.30. The van der Waals surface area contributed by atoms with Crippen LogP contribution in [0.2, 0.25) is 0 Å². The van der Waals surface area contributed by atoms with Crippen molar-refractivity contribution in [3.8, 4) is 5.75 Å². The van der Waals surface area contributed by atoms with Crippen molar-refractivity contribution in [2.75, 3.05) is 13.7 Å². The van der Waals surface area contributed by atoms with Gasteiger partial charge in [-0.1, -0.05) is 12.1 Å². The number of carbonyl (C=O) groups excluding carboxylic acids is 2. The van der Waals surface area contributed by atoms with Gasteiger partial charge in [0.1, 0.15) is 11.5 Å². The minimum Gasteiger partial charge on any atom is -0.467 e. The van der Waals surface area contributed by atoms with Crippen LogP contribution in [0, 0.1) is 13.8 Å². The fourth-order valence-corrected chi connectivity index (χ4v) is 3.26. The van der Waals surface area contributed by atoms with Gasteiger partial charge in [-0.25, -0.2) is 4.79 Å². The summed E-state index contributed by atoms with van der Waals surface area (Å²) in [6.07, 6.45) is 1.59. The summed E-state index contributed by atoms with van der Waals surface area (Å²) in [5.41, 5.74) is 2.69. The minimum atomic E-state index is -2.89. The third kappa shape index (κ3) is 5.75. The lowest BCUT2D eigenvalue weighted by Gasteiger charge is -2.17. The highest BCUT2D eigenvalue weighted by atomic mass is 19.3. The van der Waals surface area contributed by atoms with Crippen LogP contribution in [0.15, 0.2) is 53.1 Å². The van der Waals surface area contributed by atoms with Crippen molar-refractivity contribution in [2.24, 2.45) is 0 Å². The summed E-state index contributed by atoms with van der Waals surface area (Å²) in [4.78, 5) is 26.3. The predicted molar refractivity (Wildman–Crippen MR) is 112 cm³/mol. The Bertz CT molecular complexity index is 1060. The monoisotopic (exact) mass is 446 g/mol. The Morgan fingerprint density at radius 1 is 1.16 bits per heavy atom. The summed E-state index contributed by atoms with van der Waals surface area (Å²) in [5.74, 6) is -0.177. The minimum absolute atomic E-state index is 0.0382. The number of furan rings is 1. The predicted octanol–water partition coefficient (Wildman–Crippen LogP) is 4.16. The maximum absolute atomic E-state index is 12.5. The van der Waals surface area contributed by atoms with Crippen molar-refractivity contribution in [1.29, 1.82) is 0 Å². The molecule has 3 rings (SSSR count). The molecular formula is C23H24F2N2O5. The van der Waals surface area contributed by atoms with E-state index in [-0.39, 0.29) is 12.3 Å². The molecule has 0 radical (unpaired) electrons. The molecule has 2 heterocycles. The summed E-state index contributed by atoms with van der Waals surface area (Å²) in [5, 5.41) is 0. The molecule has 1 aromatic carbocycles. The van der Waals surface area contributed by atoms with Gasteiger partial charge in [-0.3, -0.25) is 4.79 Å². The number of benzene rings is 1. The molecule has 0 spiro atoms. The molecule has 2 aromatic heterocycles. The van der Waals surface area contributed by atoms with Gasteiger partial charge in [-0.15, -0.1) is 0 Å². The van der Waals surface area contributed by atoms with Gasteiger partial charge >= 0.3 is 12.6 Å². The summed E-state index contributed by atoms with van der Waals surface area (Å²) in [7, 11) is 1.56. The van der Waals surface area contributed by atoms with E-state index in [1.807, 2.05) is 24.5 Å². The van der Waals surface area contributed by atoms with E-state index in [1.165, 1.54) is 17.0 Å². The quantitative estimate of drug-likeness (QED) is 0.462. The number of halogens is 2. The molecule has 32 heavy (non-hydrogen) atoms. The maximum Gasteiger partial charge on any atom is 0.387 e. The highest BCUT2D eigenvalue weighted by Gasteiger charge is 2.20. The number of esters is 1. The van der Waals surface area contributed by atoms with Crippen molar-refractivity contribution >= 4 is 11.9 Å². The molecule has 0 saturated carbocycles. The van der Waals surface area contributed by atoms with Crippen LogP contribution in [0.3, 0.4) is 0 Å². The lowest BCUT2D eigenvalue weighted by molar-refractivity contribution is -0.133. The van der Waals surface area contributed by atoms with E-state index in [1.54, 1.807) is 37.6 Å². The van der Waals surface area contributed by atoms with Crippen molar-refractivity contribution < 1.29 is 32.3 Å². The Morgan fingerprint density at radius 3 is 2.50 bits per heavy atom. The van der Waals surface area contributed by atoms with E-state index in [9.17, 15) is 18.4 Å². The summed E-state index contributed by atoms with van der Waals surface area (Å²) in [6.45, 7) is 1.09. The van der Waals surface area contributed by atoms with Crippen LogP contribution in [0.25, 0.3) is 0 Å². The van der Waals surface area contributed by atoms with Crippen molar-refractivity contribution in [3.05, 3.63) is 77.0 Å². The maximum atomic E-state index is 12.5. The number of rotatable bonds is 9. The van der Waals surface area contributed by atoms with Crippen LogP contribution in [0.4, 0.5) is 8.78 Å². The number of aromatic nitrogens is 1. The zero-order chi connectivity index (χ0) is 23.3. The first-order valence-electron chi connectivity index (χ1n) is 9.88. The zero-order valence-corrected chi connectivity index (χ0v) is 18.0. The first-order chi connectivity index (χ1) is 15.2. The molecular weight excluding hydrogens is 422 g/mol. The normalized spacial score (nSPS) is 10.9. The molecule has 0 unspecified atom stereocenters. The van der Waals surface area contributed by atoms with Crippen LogP contribution in [-0.2, 0) is 22.6 Å². The summed E-state index contributed by atoms with van der Waals surface area (Å²) in [6, 6.07) is 11.3. The first-order valence-corrected chi connectivity index (χ1v) is 9.88. The smallest absolute Gasteiger partial charge is 0.387 e. The third-order valence-corrected chi connectivity index (χ3v) is 5.01. The molecule has 170 valence electrons. The van der Waals surface area contributed by atoms with E-state index >= 15 is 0 Å². The van der Waals surface area contributed by atoms with Gasteiger partial charge < -0.3 is 23.4 Å². The fraction of sp³-hybridized carbons (Fsp3) is 0.304. The lowest BCUT2D eigenvalue weighted by Crippen LogP contribution is -2.30. The van der Waals surface area contributed by atoms with E-state index in [2.05, 4.69) is 4.74 Å². The van der Waals surface area contributed by atoms with Crippen molar-refractivity contribution in [1.82, 2.24) is 9.47 Å². The van der Waals surface area contributed by atoms with Gasteiger partial charge in [0, 0.05) is 25.0 Å². The van der Waals surface area contributed by atoms with Gasteiger partial charge in [0.2, 0.25) is 0 Å². The molecule has 3 aromatic rings. The number of likely N-dealkylation sites (N-methyl/N-ethyl adjacent to an activating group) is 1. The van der Waals surface area contributed by atoms with Crippen LogP contribution in [-0.4, -0.2) is 41.6 Å². The number of hydrogen-bond acceptors (Lipinski definition) is 5. The molecule has 0 bridgehead atoms. The van der Waals surface area contributed by atoms with E-state index in [4.69, 9.17) is 9.15 Å². The molecule has 0 aliphatic heterocycles. The Balaban J connectivity index is 1.54. The van der Waals surface area contributed by atoms with Crippen molar-refractivity contribution in [2.45, 2.75) is 33.5 Å². The van der Waals surface area contributed by atoms with Gasteiger partial charge in [-0.2, -0.15) is 8.78 Å². The highest BCUT2D eigenvalue weighted by molar-refractivity contribution is 5.92. The van der Waals surface area contributed by atoms with Gasteiger partial charge in [-0.05, 0) is 49.7 Å². The Kier molecular flexibility index (Phi) is 7.29. The van der Waals surface area contributed by atoms with Crippen LogP contribution < -0.4 is 4.74 Å². The molecule has 7 nitrogen and oxygen atoms in total. The molecule has 0 aliphatic rings. The Morgan fingerprint density at radius 2 is 1.88 bits per heavy atom. The standard InChI is InChI=1S/C23H24F2N2O5/c1-15-11-20(16(2)27(15)13-19-5-4-10-30-19)22(29)31-14-21(28)26(3)12-17-6-8-18(9-7-17)32-23(24)25/h4-11,23H,12-14H2,1-3H3. The summed E-state index contributed by atoms with van der Waals surface area (Å²) >= 11 is 0. The second-order valence-corrected chi connectivity index (χ2v) is 7.30. The average molecular weight is 446 g/mol. The van der Waals surface area contributed by atoms with Crippen LogP contribution >= 0.6 is 0 Å². The number of alkyl halides is 2. The molecule has 1 amide bonds.